The maximum Gasteiger partial charge on any atom is 0.417 e. The SMILES string of the molecule is Cc1oncc1NC(=O)N1CCC(=Cc2cccc(Oc3ccc(C(F)(F)F)cn3)c2)C(C)C1. The molecule has 0 aliphatic carbocycles. The molecule has 0 bridgehead atoms. The molecule has 0 saturated carbocycles. The molecule has 1 saturated heterocycles. The highest BCUT2D eigenvalue weighted by atomic mass is 19.4. The van der Waals surface area contributed by atoms with Crippen LogP contribution in [-0.2, 0) is 6.18 Å². The molecule has 1 N–H and O–H groups in total. The lowest BCUT2D eigenvalue weighted by Gasteiger charge is -2.33. The molecule has 1 aliphatic heterocycles. The van der Waals surface area contributed by atoms with Gasteiger partial charge < -0.3 is 19.5 Å². The third-order valence-electron chi connectivity index (χ3n) is 5.57. The lowest BCUT2D eigenvalue weighted by Crippen LogP contribution is -2.42. The van der Waals surface area contributed by atoms with Crippen molar-refractivity contribution in [2.24, 2.45) is 5.92 Å². The van der Waals surface area contributed by atoms with Crippen LogP contribution in [0.1, 0.15) is 30.2 Å². The van der Waals surface area contributed by atoms with Crippen molar-refractivity contribution in [1.82, 2.24) is 15.0 Å². The van der Waals surface area contributed by atoms with Crippen molar-refractivity contribution in [3.05, 3.63) is 71.3 Å². The van der Waals surface area contributed by atoms with Crippen molar-refractivity contribution in [2.45, 2.75) is 26.4 Å². The van der Waals surface area contributed by atoms with Crippen LogP contribution in [0.5, 0.6) is 11.6 Å². The summed E-state index contributed by atoms with van der Waals surface area (Å²) in [5.41, 5.74) is 1.81. The number of nitrogens with one attached hydrogen (secondary N) is 1. The van der Waals surface area contributed by atoms with E-state index in [2.05, 4.69) is 28.5 Å². The lowest BCUT2D eigenvalue weighted by molar-refractivity contribution is -0.137. The van der Waals surface area contributed by atoms with Gasteiger partial charge in [-0.25, -0.2) is 9.78 Å². The number of pyridine rings is 1. The Morgan fingerprint density at radius 1 is 1.26 bits per heavy atom. The summed E-state index contributed by atoms with van der Waals surface area (Å²) in [4.78, 5) is 18.1. The molecule has 1 aliphatic rings. The average Bonchev–Trinajstić information content (AvgIpc) is 3.19. The van der Waals surface area contributed by atoms with Gasteiger partial charge in [-0.3, -0.25) is 0 Å². The van der Waals surface area contributed by atoms with Crippen LogP contribution in [0, 0.1) is 12.8 Å². The van der Waals surface area contributed by atoms with E-state index in [0.717, 1.165) is 17.8 Å². The minimum absolute atomic E-state index is 0.0774. The monoisotopic (exact) mass is 472 g/mol. The summed E-state index contributed by atoms with van der Waals surface area (Å²) in [6, 6.07) is 9.16. The predicted molar refractivity (Wildman–Crippen MR) is 119 cm³/mol. The Morgan fingerprint density at radius 2 is 2.09 bits per heavy atom. The summed E-state index contributed by atoms with van der Waals surface area (Å²) < 4.78 is 48.7. The Hall–Kier alpha value is -3.82. The molecule has 2 amide bonds. The highest BCUT2D eigenvalue weighted by Gasteiger charge is 2.30. The topological polar surface area (TPSA) is 80.5 Å². The number of ether oxygens (including phenoxy) is 1. The van der Waals surface area contributed by atoms with Crippen LogP contribution < -0.4 is 10.1 Å². The third-order valence-corrected chi connectivity index (χ3v) is 5.57. The van der Waals surface area contributed by atoms with Crippen LogP contribution in [0.25, 0.3) is 6.08 Å². The van der Waals surface area contributed by atoms with Gasteiger partial charge in [0.05, 0.1) is 11.8 Å². The van der Waals surface area contributed by atoms with Gasteiger partial charge in [0.25, 0.3) is 0 Å². The predicted octanol–water partition coefficient (Wildman–Crippen LogP) is 6.15. The van der Waals surface area contributed by atoms with Gasteiger partial charge in [0, 0.05) is 25.4 Å². The van der Waals surface area contributed by atoms with E-state index in [-0.39, 0.29) is 17.8 Å². The largest absolute Gasteiger partial charge is 0.439 e. The number of carbonyl (C=O) groups is 1. The van der Waals surface area contributed by atoms with E-state index in [1.165, 1.54) is 17.8 Å². The van der Waals surface area contributed by atoms with Gasteiger partial charge in [0.1, 0.15) is 11.4 Å². The zero-order valence-corrected chi connectivity index (χ0v) is 18.6. The summed E-state index contributed by atoms with van der Waals surface area (Å²) in [6.45, 7) is 4.92. The number of rotatable bonds is 4. The number of aryl methyl sites for hydroxylation is 1. The molecule has 10 heteroatoms. The molecule has 1 aromatic carbocycles. The van der Waals surface area contributed by atoms with Crippen LogP contribution >= 0.6 is 0 Å². The number of amides is 2. The summed E-state index contributed by atoms with van der Waals surface area (Å²) >= 11 is 0. The normalized spacial score (nSPS) is 17.6. The fourth-order valence-corrected chi connectivity index (χ4v) is 3.67. The molecule has 0 radical (unpaired) electrons. The van der Waals surface area contributed by atoms with Crippen LogP contribution in [0.2, 0.25) is 0 Å². The second kappa shape index (κ2) is 9.58. The molecule has 1 atom stereocenters. The van der Waals surface area contributed by atoms with Crippen LogP contribution in [0.15, 0.2) is 58.9 Å². The average molecular weight is 472 g/mol. The number of likely N-dealkylation sites (tertiary alicyclic amines) is 1. The third kappa shape index (κ3) is 5.56. The van der Waals surface area contributed by atoms with Crippen LogP contribution in [-0.4, -0.2) is 34.2 Å². The first kappa shape index (κ1) is 23.3. The summed E-state index contributed by atoms with van der Waals surface area (Å²) in [7, 11) is 0. The molecule has 2 aromatic heterocycles. The number of hydrogen-bond donors (Lipinski definition) is 1. The lowest BCUT2D eigenvalue weighted by atomic mass is 9.91. The summed E-state index contributed by atoms with van der Waals surface area (Å²) in [5, 5.41) is 6.48. The fourth-order valence-electron chi connectivity index (χ4n) is 3.67. The fraction of sp³-hybridized carbons (Fsp3) is 0.292. The number of anilines is 1. The van der Waals surface area contributed by atoms with Gasteiger partial charge in [-0.05, 0) is 43.0 Å². The smallest absolute Gasteiger partial charge is 0.417 e. The molecular formula is C24H23F3N4O3. The Bertz CT molecular complexity index is 1190. The highest BCUT2D eigenvalue weighted by molar-refractivity contribution is 5.89. The first-order valence-electron chi connectivity index (χ1n) is 10.7. The van der Waals surface area contributed by atoms with Gasteiger partial charge in [0.2, 0.25) is 5.88 Å². The molecule has 178 valence electrons. The van der Waals surface area contributed by atoms with Crippen molar-refractivity contribution in [1.29, 1.82) is 0 Å². The number of nitrogens with zero attached hydrogens (tertiary/aromatic N) is 3. The molecule has 34 heavy (non-hydrogen) atoms. The number of piperidine rings is 1. The quantitative estimate of drug-likeness (QED) is 0.493. The number of aromatic nitrogens is 2. The number of carbonyl (C=O) groups excluding carboxylic acids is 1. The van der Waals surface area contributed by atoms with E-state index in [4.69, 9.17) is 9.26 Å². The molecule has 0 spiro atoms. The number of benzene rings is 1. The molecular weight excluding hydrogens is 449 g/mol. The Labute approximate surface area is 194 Å². The number of alkyl halides is 3. The van der Waals surface area contributed by atoms with Gasteiger partial charge in [-0.15, -0.1) is 0 Å². The molecule has 1 fully saturated rings. The molecule has 7 nitrogen and oxygen atoms in total. The number of halogens is 3. The van der Waals surface area contributed by atoms with Crippen LogP contribution in [0.4, 0.5) is 23.7 Å². The first-order chi connectivity index (χ1) is 16.2. The van der Waals surface area contributed by atoms with Crippen molar-refractivity contribution in [3.8, 4) is 11.6 Å². The van der Waals surface area contributed by atoms with Crippen molar-refractivity contribution >= 4 is 17.8 Å². The Morgan fingerprint density at radius 3 is 2.74 bits per heavy atom. The van der Waals surface area contributed by atoms with Crippen molar-refractivity contribution in [3.63, 3.8) is 0 Å². The van der Waals surface area contributed by atoms with Gasteiger partial charge in [0.15, 0.2) is 5.76 Å². The second-order valence-electron chi connectivity index (χ2n) is 8.10. The van der Waals surface area contributed by atoms with E-state index < -0.39 is 11.7 Å². The number of hydrogen-bond acceptors (Lipinski definition) is 5. The Balaban J connectivity index is 1.39. The maximum atomic E-state index is 12.7. The van der Waals surface area contributed by atoms with E-state index in [1.807, 2.05) is 6.07 Å². The molecule has 3 heterocycles. The molecule has 1 unspecified atom stereocenters. The van der Waals surface area contributed by atoms with Gasteiger partial charge in [-0.2, -0.15) is 13.2 Å². The van der Waals surface area contributed by atoms with Gasteiger partial charge >= 0.3 is 12.2 Å². The highest BCUT2D eigenvalue weighted by Crippen LogP contribution is 2.31. The molecule has 3 aromatic rings. The standard InChI is InChI=1S/C24H23F3N4O3/c1-15-14-31(23(32)30-21-13-29-34-16(21)2)9-8-18(15)10-17-4-3-5-20(11-17)33-22-7-6-19(12-28-22)24(25,26)27/h3-7,10-13,15H,8-9,14H2,1-2H3,(H,30,32). The first-order valence-corrected chi connectivity index (χ1v) is 10.7. The molecule has 4 rings (SSSR count). The van der Waals surface area contributed by atoms with Gasteiger partial charge in [-0.1, -0.05) is 35.9 Å². The summed E-state index contributed by atoms with van der Waals surface area (Å²) in [5.74, 6) is 1.24. The number of urea groups is 1. The van der Waals surface area contributed by atoms with E-state index in [0.29, 0.717) is 36.7 Å². The van der Waals surface area contributed by atoms with E-state index >= 15 is 0 Å². The van der Waals surface area contributed by atoms with Crippen molar-refractivity contribution < 1.29 is 27.2 Å². The maximum absolute atomic E-state index is 12.7. The zero-order chi connectivity index (χ0) is 24.3. The Kier molecular flexibility index (Phi) is 6.58. The minimum atomic E-state index is -4.44. The van der Waals surface area contributed by atoms with E-state index in [9.17, 15) is 18.0 Å². The zero-order valence-electron chi connectivity index (χ0n) is 18.6. The van der Waals surface area contributed by atoms with Crippen molar-refractivity contribution in [2.75, 3.05) is 18.4 Å². The van der Waals surface area contributed by atoms with E-state index in [1.54, 1.807) is 30.0 Å². The minimum Gasteiger partial charge on any atom is -0.439 e. The second-order valence-corrected chi connectivity index (χ2v) is 8.10. The summed E-state index contributed by atoms with van der Waals surface area (Å²) in [6.07, 6.45) is 0.540. The van der Waals surface area contributed by atoms with Crippen LogP contribution in [0.3, 0.4) is 0 Å².